The van der Waals surface area contributed by atoms with Crippen LogP contribution in [0.1, 0.15) is 36.8 Å². The molecule has 2 atom stereocenters. The summed E-state index contributed by atoms with van der Waals surface area (Å²) in [5.74, 6) is 0.839. The number of pyridine rings is 2. The van der Waals surface area contributed by atoms with Gasteiger partial charge in [-0.15, -0.1) is 0 Å². The molecule has 5 aromatic rings. The lowest BCUT2D eigenvalue weighted by atomic mass is 9.97. The first kappa shape index (κ1) is 36.4. The highest BCUT2D eigenvalue weighted by atomic mass is 35.5. The fraction of sp³-hybridized carbons (Fsp3) is 0.308. The van der Waals surface area contributed by atoms with Crippen LogP contribution in [0.4, 0.5) is 0 Å². The molecule has 14 heteroatoms. The van der Waals surface area contributed by atoms with Crippen LogP contribution >= 0.6 is 23.2 Å². The summed E-state index contributed by atoms with van der Waals surface area (Å²) < 4.78 is 12.7. The summed E-state index contributed by atoms with van der Waals surface area (Å²) in [4.78, 5) is 46.1. The van der Waals surface area contributed by atoms with Crippen LogP contribution in [0.5, 0.6) is 11.8 Å². The number of ether oxygens (including phenoxy) is 2. The molecule has 0 aliphatic carbocycles. The fourth-order valence-corrected chi connectivity index (χ4v) is 7.55. The molecule has 12 nitrogen and oxygen atoms in total. The standard InChI is InChI=1S/C39H39Cl2N7O5/c1-52-37-23(18-42-19-24-10-13-33(49)44-24)9-12-31(46-37)29-8-4-7-28(36(29)41)27-6-3-5-26(35(27)40)22-15-16-48-32(17-22)47-38(53-2)30(39(48)51)21-43-20-25-11-14-34(50)45-25/h3-9,12,15-17,24-25,42-43H,10-11,13-14,18-21H2,1-2H3,(H,44,49)(H,45,50)/t24-,25+/m0/s1. The van der Waals surface area contributed by atoms with E-state index >= 15 is 0 Å². The number of rotatable bonds is 13. The van der Waals surface area contributed by atoms with Crippen LogP contribution in [-0.4, -0.2) is 65.6 Å². The number of nitrogens with zero attached hydrogens (tertiary/aromatic N) is 3. The van der Waals surface area contributed by atoms with E-state index in [4.69, 9.17) is 37.7 Å². The Balaban J connectivity index is 1.13. The van der Waals surface area contributed by atoms with Crippen molar-refractivity contribution in [2.45, 2.75) is 50.9 Å². The average molecular weight is 757 g/mol. The number of methoxy groups -OCH3 is 2. The van der Waals surface area contributed by atoms with Gasteiger partial charge in [0.25, 0.3) is 5.56 Å². The Bertz CT molecular complexity index is 2260. The van der Waals surface area contributed by atoms with Crippen molar-refractivity contribution in [3.8, 4) is 45.3 Å². The largest absolute Gasteiger partial charge is 0.481 e. The quantitative estimate of drug-likeness (QED) is 0.128. The highest BCUT2D eigenvalue weighted by Gasteiger charge is 2.23. The van der Waals surface area contributed by atoms with E-state index in [2.05, 4.69) is 26.3 Å². The Morgan fingerprint density at radius 2 is 1.36 bits per heavy atom. The van der Waals surface area contributed by atoms with Crippen molar-refractivity contribution >= 4 is 40.7 Å². The number of nitrogens with one attached hydrogen (secondary N) is 4. The maximum Gasteiger partial charge on any atom is 0.266 e. The normalized spacial score (nSPS) is 16.9. The van der Waals surface area contributed by atoms with Crippen LogP contribution in [0.15, 0.2) is 71.7 Å². The first-order chi connectivity index (χ1) is 25.7. The second kappa shape index (κ2) is 15.9. The van der Waals surface area contributed by atoms with Crippen LogP contribution in [0.25, 0.3) is 39.2 Å². The van der Waals surface area contributed by atoms with Crippen LogP contribution in [0.2, 0.25) is 10.0 Å². The van der Waals surface area contributed by atoms with Crippen LogP contribution in [0, 0.1) is 0 Å². The lowest BCUT2D eigenvalue weighted by Crippen LogP contribution is -2.36. The van der Waals surface area contributed by atoms with Crippen LogP contribution < -0.4 is 36.3 Å². The minimum absolute atomic E-state index is 0.0321. The van der Waals surface area contributed by atoms with Crippen LogP contribution in [-0.2, 0) is 22.7 Å². The molecule has 0 saturated carbocycles. The van der Waals surface area contributed by atoms with E-state index < -0.39 is 0 Å². The highest BCUT2D eigenvalue weighted by Crippen LogP contribution is 2.42. The third-order valence-corrected chi connectivity index (χ3v) is 10.5. The Hall–Kier alpha value is -5.01. The van der Waals surface area contributed by atoms with Gasteiger partial charge < -0.3 is 30.7 Å². The summed E-state index contributed by atoms with van der Waals surface area (Å²) in [5.41, 5.74) is 5.75. The second-order valence-corrected chi connectivity index (χ2v) is 13.9. The Kier molecular flexibility index (Phi) is 10.9. The van der Waals surface area contributed by atoms with E-state index in [-0.39, 0.29) is 41.9 Å². The van der Waals surface area contributed by atoms with Crippen molar-refractivity contribution in [3.63, 3.8) is 0 Å². The molecule has 0 spiro atoms. The monoisotopic (exact) mass is 755 g/mol. The van der Waals surface area contributed by atoms with Gasteiger partial charge in [0.2, 0.25) is 23.6 Å². The fourth-order valence-electron chi connectivity index (χ4n) is 6.89. The highest BCUT2D eigenvalue weighted by molar-refractivity contribution is 6.39. The van der Waals surface area contributed by atoms with Crippen molar-refractivity contribution < 1.29 is 19.1 Å². The number of carbonyl (C=O) groups is 2. The van der Waals surface area contributed by atoms with Gasteiger partial charge >= 0.3 is 0 Å². The maximum absolute atomic E-state index is 13.6. The lowest BCUT2D eigenvalue weighted by molar-refractivity contribution is -0.120. The number of halogens is 2. The summed E-state index contributed by atoms with van der Waals surface area (Å²) in [6.45, 7) is 1.98. The van der Waals surface area contributed by atoms with Gasteiger partial charge in [-0.1, -0.05) is 65.7 Å². The SMILES string of the molecule is COc1nc(-c2cccc(-c3cccc(-c4ccn5c(=O)c(CNC[C@H]6CCC(=O)N6)c(OC)nc5c4)c3Cl)c2Cl)ccc1CNC[C@@H]1CCC(=O)N1. The molecule has 2 fully saturated rings. The molecule has 3 aromatic heterocycles. The van der Waals surface area contributed by atoms with E-state index in [0.717, 1.165) is 46.2 Å². The molecule has 53 heavy (non-hydrogen) atoms. The molecule has 5 heterocycles. The molecule has 4 N–H and O–H groups in total. The van der Waals surface area contributed by atoms with Gasteiger partial charge in [-0.3, -0.25) is 18.8 Å². The molecule has 0 unspecified atom stereocenters. The molecule has 2 saturated heterocycles. The summed E-state index contributed by atoms with van der Waals surface area (Å²) in [7, 11) is 3.07. The first-order valence-corrected chi connectivity index (χ1v) is 18.2. The molecule has 2 aliphatic rings. The van der Waals surface area contributed by atoms with E-state index in [1.165, 1.54) is 11.5 Å². The van der Waals surface area contributed by atoms with E-state index in [1.54, 1.807) is 19.4 Å². The zero-order chi connectivity index (χ0) is 37.1. The number of fused-ring (bicyclic) bond motifs is 1. The zero-order valence-corrected chi connectivity index (χ0v) is 30.8. The second-order valence-electron chi connectivity index (χ2n) is 13.1. The molecular weight excluding hydrogens is 717 g/mol. The molecular formula is C39H39Cl2N7O5. The number of amides is 2. The van der Waals surface area contributed by atoms with Crippen molar-refractivity contribution in [3.05, 3.63) is 98.4 Å². The number of carbonyl (C=O) groups excluding carboxylic acids is 2. The van der Waals surface area contributed by atoms with Crippen molar-refractivity contribution in [2.24, 2.45) is 0 Å². The molecule has 0 bridgehead atoms. The van der Waals surface area contributed by atoms with Crippen LogP contribution in [0.3, 0.4) is 0 Å². The third kappa shape index (κ3) is 7.72. The molecule has 274 valence electrons. The first-order valence-electron chi connectivity index (χ1n) is 17.5. The Morgan fingerprint density at radius 1 is 0.755 bits per heavy atom. The van der Waals surface area contributed by atoms with Crippen molar-refractivity contribution in [2.75, 3.05) is 27.3 Å². The minimum atomic E-state index is -0.251. The summed E-state index contributed by atoms with van der Waals surface area (Å²) in [6, 6.07) is 19.1. The topological polar surface area (TPSA) is 148 Å². The van der Waals surface area contributed by atoms with Crippen molar-refractivity contribution in [1.82, 2.24) is 35.6 Å². The predicted molar refractivity (Wildman–Crippen MR) is 204 cm³/mol. The minimum Gasteiger partial charge on any atom is -0.481 e. The molecule has 7 rings (SSSR count). The van der Waals surface area contributed by atoms with Gasteiger partial charge in [-0.25, -0.2) is 4.98 Å². The smallest absolute Gasteiger partial charge is 0.266 e. The number of hydrogen-bond donors (Lipinski definition) is 4. The molecule has 2 aromatic carbocycles. The van der Waals surface area contributed by atoms with E-state index in [9.17, 15) is 14.4 Å². The lowest BCUT2D eigenvalue weighted by Gasteiger charge is -2.16. The van der Waals surface area contributed by atoms with Gasteiger partial charge in [0.15, 0.2) is 0 Å². The van der Waals surface area contributed by atoms with E-state index in [1.807, 2.05) is 54.6 Å². The third-order valence-electron chi connectivity index (χ3n) is 9.65. The number of benzene rings is 2. The van der Waals surface area contributed by atoms with E-state index in [0.29, 0.717) is 65.3 Å². The number of aromatic nitrogens is 3. The van der Waals surface area contributed by atoms with Gasteiger partial charge in [0.1, 0.15) is 5.65 Å². The summed E-state index contributed by atoms with van der Waals surface area (Å²) >= 11 is 14.2. The predicted octanol–water partition coefficient (Wildman–Crippen LogP) is 5.15. The van der Waals surface area contributed by atoms with Crippen molar-refractivity contribution in [1.29, 1.82) is 0 Å². The Morgan fingerprint density at radius 3 is 1.98 bits per heavy atom. The van der Waals surface area contributed by atoms with Gasteiger partial charge in [0, 0.05) is 85.1 Å². The maximum atomic E-state index is 13.6. The molecule has 2 aliphatic heterocycles. The average Bonchev–Trinajstić information content (AvgIpc) is 3.79. The molecule has 2 amide bonds. The summed E-state index contributed by atoms with van der Waals surface area (Å²) in [5, 5.41) is 13.5. The van der Waals surface area contributed by atoms with Gasteiger partial charge in [-0.05, 0) is 36.6 Å². The van der Waals surface area contributed by atoms with Gasteiger partial charge in [0.05, 0.1) is 35.5 Å². The summed E-state index contributed by atoms with van der Waals surface area (Å²) in [6.07, 6.45) is 4.33. The zero-order valence-electron chi connectivity index (χ0n) is 29.3. The van der Waals surface area contributed by atoms with Gasteiger partial charge in [-0.2, -0.15) is 4.98 Å². The Labute approximate surface area is 316 Å². The molecule has 0 radical (unpaired) electrons. The number of hydrogen-bond acceptors (Lipinski definition) is 9.